The Balaban J connectivity index is 1.95. The van der Waals surface area contributed by atoms with E-state index in [1.165, 1.54) is 23.1 Å². The van der Waals surface area contributed by atoms with E-state index in [1.54, 1.807) is 0 Å². The van der Waals surface area contributed by atoms with E-state index in [0.717, 1.165) is 26.8 Å². The Morgan fingerprint density at radius 2 is 2.10 bits per heavy atom. The lowest BCUT2D eigenvalue weighted by atomic mass is 10.1. The maximum absolute atomic E-state index is 11.9. The number of amides is 1. The number of ether oxygens (including phenoxy) is 1. The van der Waals surface area contributed by atoms with Crippen LogP contribution in [0.15, 0.2) is 16.5 Å². The summed E-state index contributed by atoms with van der Waals surface area (Å²) in [4.78, 5) is 11.9. The fourth-order valence-corrected chi connectivity index (χ4v) is 2.98. The second-order valence-corrected chi connectivity index (χ2v) is 6.65. The van der Waals surface area contributed by atoms with Gasteiger partial charge in [0.1, 0.15) is 5.75 Å². The molecule has 0 atom stereocenters. The molecule has 0 bridgehead atoms. The predicted octanol–water partition coefficient (Wildman–Crippen LogP) is 3.20. The fourth-order valence-electron chi connectivity index (χ4n) is 1.79. The first-order valence-corrected chi connectivity index (χ1v) is 8.41. The van der Waals surface area contributed by atoms with E-state index < -0.39 is 0 Å². The Kier molecular flexibility index (Phi) is 5.19. The van der Waals surface area contributed by atoms with Crippen LogP contribution >= 0.6 is 23.1 Å². The van der Waals surface area contributed by atoms with E-state index in [2.05, 4.69) is 21.6 Å². The zero-order valence-corrected chi connectivity index (χ0v) is 14.0. The molecule has 1 N–H and O–H groups in total. The number of nitrogens with zero attached hydrogens (tertiary/aromatic N) is 2. The van der Waals surface area contributed by atoms with Gasteiger partial charge in [0.05, 0.1) is 0 Å². The molecule has 0 aliphatic heterocycles. The molecule has 2 aromatic rings. The van der Waals surface area contributed by atoms with E-state index >= 15 is 0 Å². The zero-order chi connectivity index (χ0) is 15.4. The molecule has 5 nitrogen and oxygen atoms in total. The Bertz CT molecular complexity index is 656. The van der Waals surface area contributed by atoms with Crippen molar-refractivity contribution >= 4 is 34.1 Å². The number of hydrogen-bond acceptors (Lipinski definition) is 6. The highest BCUT2D eigenvalue weighted by molar-refractivity contribution is 8.00. The molecule has 1 heterocycles. The molecule has 0 radical (unpaired) electrons. The van der Waals surface area contributed by atoms with Crippen molar-refractivity contribution in [2.24, 2.45) is 0 Å². The Morgan fingerprint density at radius 3 is 2.76 bits per heavy atom. The lowest BCUT2D eigenvalue weighted by Gasteiger charge is -2.11. The number of hydrogen-bond donors (Lipinski definition) is 1. The van der Waals surface area contributed by atoms with Crippen LogP contribution in [0.2, 0.25) is 0 Å². The highest BCUT2D eigenvalue weighted by Gasteiger charge is 2.10. The van der Waals surface area contributed by atoms with Gasteiger partial charge in [0.25, 0.3) is 5.91 Å². The van der Waals surface area contributed by atoms with Crippen LogP contribution in [0.5, 0.6) is 5.75 Å². The van der Waals surface area contributed by atoms with Crippen molar-refractivity contribution in [3.63, 3.8) is 0 Å². The summed E-state index contributed by atoms with van der Waals surface area (Å²) >= 11 is 2.84. The molecule has 0 fully saturated rings. The molecule has 0 aliphatic rings. The molecule has 0 saturated carbocycles. The standard InChI is InChI=1S/C14H17N3O2S2/c1-8-5-9(2)10(3)11(6-8)19-7-12(18)15-13-16-17-14(20-4)21-13/h5-6H,7H2,1-4H3,(H,15,16,18). The van der Waals surface area contributed by atoms with Gasteiger partial charge in [0, 0.05) is 0 Å². The van der Waals surface area contributed by atoms with Crippen molar-refractivity contribution < 1.29 is 9.53 Å². The maximum Gasteiger partial charge on any atom is 0.264 e. The van der Waals surface area contributed by atoms with Crippen LogP contribution in [0.3, 0.4) is 0 Å². The van der Waals surface area contributed by atoms with Crippen LogP contribution in [-0.4, -0.2) is 29.0 Å². The van der Waals surface area contributed by atoms with E-state index in [1.807, 2.05) is 33.1 Å². The minimum absolute atomic E-state index is 0.0437. The zero-order valence-electron chi connectivity index (χ0n) is 12.4. The highest BCUT2D eigenvalue weighted by atomic mass is 32.2. The number of thioether (sulfide) groups is 1. The summed E-state index contributed by atoms with van der Waals surface area (Å²) in [5.41, 5.74) is 3.32. The van der Waals surface area contributed by atoms with Gasteiger partial charge in [-0.05, 0) is 49.8 Å². The summed E-state index contributed by atoms with van der Waals surface area (Å²) in [5.74, 6) is 0.502. The van der Waals surface area contributed by atoms with E-state index in [0.29, 0.717) is 5.13 Å². The first kappa shape index (κ1) is 15.8. The van der Waals surface area contributed by atoms with Crippen LogP contribution in [0.1, 0.15) is 16.7 Å². The monoisotopic (exact) mass is 323 g/mol. The first-order chi connectivity index (χ1) is 9.99. The molecule has 1 aromatic carbocycles. The molecule has 1 amide bonds. The number of rotatable bonds is 5. The van der Waals surface area contributed by atoms with Crippen LogP contribution in [0.25, 0.3) is 0 Å². The van der Waals surface area contributed by atoms with Gasteiger partial charge in [-0.2, -0.15) is 0 Å². The lowest BCUT2D eigenvalue weighted by Crippen LogP contribution is -2.20. The second kappa shape index (κ2) is 6.91. The number of aromatic nitrogens is 2. The Hall–Kier alpha value is -1.60. The molecule has 2 rings (SSSR count). The van der Waals surface area contributed by atoms with Gasteiger partial charge in [-0.15, -0.1) is 10.2 Å². The third-order valence-electron chi connectivity index (χ3n) is 2.95. The predicted molar refractivity (Wildman–Crippen MR) is 86.5 cm³/mol. The SMILES string of the molecule is CSc1nnc(NC(=O)COc2cc(C)cc(C)c2C)s1. The normalized spacial score (nSPS) is 10.5. The fraction of sp³-hybridized carbons (Fsp3) is 0.357. The molecule has 21 heavy (non-hydrogen) atoms. The average molecular weight is 323 g/mol. The summed E-state index contributed by atoms with van der Waals surface area (Å²) in [6.45, 7) is 5.97. The Morgan fingerprint density at radius 1 is 1.33 bits per heavy atom. The molecule has 0 spiro atoms. The van der Waals surface area contributed by atoms with E-state index in [9.17, 15) is 4.79 Å². The number of carbonyl (C=O) groups is 1. The molecule has 7 heteroatoms. The lowest BCUT2D eigenvalue weighted by molar-refractivity contribution is -0.118. The highest BCUT2D eigenvalue weighted by Crippen LogP contribution is 2.24. The first-order valence-electron chi connectivity index (χ1n) is 6.37. The van der Waals surface area contributed by atoms with E-state index in [-0.39, 0.29) is 12.5 Å². The largest absolute Gasteiger partial charge is 0.483 e. The molecular formula is C14H17N3O2S2. The van der Waals surface area contributed by atoms with Gasteiger partial charge in [0.2, 0.25) is 5.13 Å². The Labute approximate surface area is 132 Å². The summed E-state index contributed by atoms with van der Waals surface area (Å²) in [7, 11) is 0. The summed E-state index contributed by atoms with van der Waals surface area (Å²) in [6, 6.07) is 4.03. The smallest absolute Gasteiger partial charge is 0.264 e. The topological polar surface area (TPSA) is 64.1 Å². The molecule has 1 aromatic heterocycles. The van der Waals surface area contributed by atoms with Crippen molar-refractivity contribution in [1.82, 2.24) is 10.2 Å². The van der Waals surface area contributed by atoms with Crippen molar-refractivity contribution in [1.29, 1.82) is 0 Å². The third kappa shape index (κ3) is 4.18. The number of nitrogens with one attached hydrogen (secondary N) is 1. The van der Waals surface area contributed by atoms with Gasteiger partial charge in [0.15, 0.2) is 10.9 Å². The van der Waals surface area contributed by atoms with Gasteiger partial charge in [-0.3, -0.25) is 10.1 Å². The maximum atomic E-state index is 11.9. The van der Waals surface area contributed by atoms with Gasteiger partial charge in [-0.1, -0.05) is 29.2 Å². The molecular weight excluding hydrogens is 306 g/mol. The van der Waals surface area contributed by atoms with Gasteiger partial charge in [-0.25, -0.2) is 0 Å². The van der Waals surface area contributed by atoms with Crippen LogP contribution in [0.4, 0.5) is 5.13 Å². The summed E-state index contributed by atoms with van der Waals surface area (Å²) in [6.07, 6.45) is 1.91. The van der Waals surface area contributed by atoms with Gasteiger partial charge < -0.3 is 4.74 Å². The second-order valence-electron chi connectivity index (χ2n) is 4.62. The molecule has 0 unspecified atom stereocenters. The minimum Gasteiger partial charge on any atom is -0.483 e. The van der Waals surface area contributed by atoms with Gasteiger partial charge >= 0.3 is 0 Å². The third-order valence-corrected chi connectivity index (χ3v) is 4.76. The molecule has 0 saturated heterocycles. The van der Waals surface area contributed by atoms with Crippen LogP contribution < -0.4 is 10.1 Å². The van der Waals surface area contributed by atoms with Crippen molar-refractivity contribution in [2.45, 2.75) is 25.1 Å². The summed E-state index contributed by atoms with van der Waals surface area (Å²) < 4.78 is 6.42. The van der Waals surface area contributed by atoms with Crippen LogP contribution in [0, 0.1) is 20.8 Å². The average Bonchev–Trinajstić information content (AvgIpc) is 2.88. The minimum atomic E-state index is -0.239. The summed E-state index contributed by atoms with van der Waals surface area (Å²) in [5, 5.41) is 11.0. The van der Waals surface area contributed by atoms with Crippen LogP contribution in [-0.2, 0) is 4.79 Å². The number of carbonyl (C=O) groups excluding carboxylic acids is 1. The number of benzene rings is 1. The molecule has 0 aliphatic carbocycles. The number of anilines is 1. The van der Waals surface area contributed by atoms with Crippen molar-refractivity contribution in [2.75, 3.05) is 18.2 Å². The molecule has 112 valence electrons. The number of aryl methyl sites for hydroxylation is 2. The van der Waals surface area contributed by atoms with E-state index in [4.69, 9.17) is 4.74 Å². The van der Waals surface area contributed by atoms with Crippen molar-refractivity contribution in [3.05, 3.63) is 28.8 Å². The van der Waals surface area contributed by atoms with Crippen molar-refractivity contribution in [3.8, 4) is 5.75 Å². The quantitative estimate of drug-likeness (QED) is 0.676.